The van der Waals surface area contributed by atoms with E-state index in [0.29, 0.717) is 30.4 Å². The molecule has 0 bridgehead atoms. The summed E-state index contributed by atoms with van der Waals surface area (Å²) in [6, 6.07) is 23.6. The molecule has 0 spiro atoms. The number of aliphatic carboxylic acids is 1. The molecule has 5 rings (SSSR count). The Morgan fingerprint density at radius 2 is 1.64 bits per heavy atom. The predicted octanol–water partition coefficient (Wildman–Crippen LogP) is 6.34. The predicted molar refractivity (Wildman–Crippen MR) is 143 cm³/mol. The molecule has 2 aliphatic carbocycles. The van der Waals surface area contributed by atoms with E-state index in [1.807, 2.05) is 12.1 Å². The van der Waals surface area contributed by atoms with E-state index in [1.54, 1.807) is 0 Å². The van der Waals surface area contributed by atoms with E-state index in [1.165, 1.54) is 34.7 Å². The van der Waals surface area contributed by atoms with E-state index in [0.717, 1.165) is 25.7 Å². The van der Waals surface area contributed by atoms with Crippen molar-refractivity contribution in [2.24, 2.45) is 0 Å². The molecule has 3 aromatic carbocycles. The molecule has 0 saturated heterocycles. The van der Waals surface area contributed by atoms with Crippen LogP contribution in [0.1, 0.15) is 91.7 Å². The van der Waals surface area contributed by atoms with Gasteiger partial charge < -0.3 is 15.7 Å². The van der Waals surface area contributed by atoms with Crippen molar-refractivity contribution in [3.8, 4) is 0 Å². The molecule has 0 aliphatic heterocycles. The maximum atomic E-state index is 12.8. The Morgan fingerprint density at radius 1 is 0.917 bits per heavy atom. The number of carbonyl (C=O) groups is 2. The Bertz CT molecular complexity index is 1220. The Kier molecular flexibility index (Phi) is 7.10. The maximum absolute atomic E-state index is 12.8. The number of hydrogen-bond acceptors (Lipinski definition) is 3. The molecule has 1 amide bonds. The highest BCUT2D eigenvalue weighted by Crippen LogP contribution is 2.35. The third kappa shape index (κ3) is 5.03. The standard InChI is InChI=1S/C31H36N2O3/c1-21(27-13-7-9-23-8-2-3-12-28(23)27)32-26-11-6-10-25(20-26)22-14-16-24(17-15-22)29(34)33-31(30(35)36)18-4-5-19-31/h2-3,7-9,12-17,21,25-26,32H,4-6,10-11,18-20H2,1H3,(H,33,34)(H,35,36)/t21-,25+,26+/m1/s1. The van der Waals surface area contributed by atoms with Crippen molar-refractivity contribution in [1.29, 1.82) is 0 Å². The fraction of sp³-hybridized carbons (Fsp3) is 0.419. The van der Waals surface area contributed by atoms with Crippen LogP contribution in [0.25, 0.3) is 10.8 Å². The van der Waals surface area contributed by atoms with Gasteiger partial charge in [-0.1, -0.05) is 73.9 Å². The number of hydrogen-bond donors (Lipinski definition) is 3. The van der Waals surface area contributed by atoms with Crippen LogP contribution in [0.2, 0.25) is 0 Å². The van der Waals surface area contributed by atoms with E-state index in [-0.39, 0.29) is 11.9 Å². The molecule has 2 aliphatic rings. The number of fused-ring (bicyclic) bond motifs is 1. The van der Waals surface area contributed by atoms with Crippen molar-refractivity contribution in [2.75, 3.05) is 0 Å². The highest BCUT2D eigenvalue weighted by atomic mass is 16.4. The number of nitrogens with one attached hydrogen (secondary N) is 2. The lowest BCUT2D eigenvalue weighted by atomic mass is 9.80. The fourth-order valence-corrected chi connectivity index (χ4v) is 6.28. The SMILES string of the molecule is C[C@@H](N[C@H]1CCC[C@H](c2ccc(C(=O)NC3(C(=O)O)CCCC3)cc2)C1)c1cccc2ccccc12. The van der Waals surface area contributed by atoms with Gasteiger partial charge in [0.15, 0.2) is 0 Å². The van der Waals surface area contributed by atoms with Crippen LogP contribution in [0, 0.1) is 0 Å². The summed E-state index contributed by atoms with van der Waals surface area (Å²) in [5, 5.41) is 19.0. The number of carboxylic acids is 1. The number of amides is 1. The van der Waals surface area contributed by atoms with Crippen LogP contribution in [0.5, 0.6) is 0 Å². The maximum Gasteiger partial charge on any atom is 0.329 e. The van der Waals surface area contributed by atoms with Crippen molar-refractivity contribution < 1.29 is 14.7 Å². The topological polar surface area (TPSA) is 78.4 Å². The van der Waals surface area contributed by atoms with Gasteiger partial charge in [-0.2, -0.15) is 0 Å². The summed E-state index contributed by atoms with van der Waals surface area (Å²) < 4.78 is 0. The second kappa shape index (κ2) is 10.4. The molecule has 36 heavy (non-hydrogen) atoms. The summed E-state index contributed by atoms with van der Waals surface area (Å²) in [6.45, 7) is 2.26. The quantitative estimate of drug-likeness (QED) is 0.365. The monoisotopic (exact) mass is 484 g/mol. The summed E-state index contributed by atoms with van der Waals surface area (Å²) in [7, 11) is 0. The number of carbonyl (C=O) groups excluding carboxylic acids is 1. The second-order valence-electron chi connectivity index (χ2n) is 10.7. The second-order valence-corrected chi connectivity index (χ2v) is 10.7. The molecular weight excluding hydrogens is 448 g/mol. The van der Waals surface area contributed by atoms with E-state index in [4.69, 9.17) is 0 Å². The lowest BCUT2D eigenvalue weighted by Gasteiger charge is -2.32. The first-order valence-electron chi connectivity index (χ1n) is 13.3. The first kappa shape index (κ1) is 24.5. The minimum absolute atomic E-state index is 0.267. The van der Waals surface area contributed by atoms with Crippen molar-refractivity contribution in [1.82, 2.24) is 10.6 Å². The molecule has 0 unspecified atom stereocenters. The highest BCUT2D eigenvalue weighted by Gasteiger charge is 2.42. The molecule has 188 valence electrons. The van der Waals surface area contributed by atoms with E-state index >= 15 is 0 Å². The van der Waals surface area contributed by atoms with Gasteiger partial charge in [0.05, 0.1) is 0 Å². The zero-order valence-corrected chi connectivity index (χ0v) is 21.0. The first-order valence-corrected chi connectivity index (χ1v) is 13.3. The average molecular weight is 485 g/mol. The molecular formula is C31H36N2O3. The van der Waals surface area contributed by atoms with E-state index in [9.17, 15) is 14.7 Å². The van der Waals surface area contributed by atoms with Crippen LogP contribution >= 0.6 is 0 Å². The van der Waals surface area contributed by atoms with Gasteiger partial charge >= 0.3 is 5.97 Å². The summed E-state index contributed by atoms with van der Waals surface area (Å²) in [4.78, 5) is 24.6. The summed E-state index contributed by atoms with van der Waals surface area (Å²) in [6.07, 6.45) is 7.23. The zero-order valence-electron chi connectivity index (χ0n) is 21.0. The first-order chi connectivity index (χ1) is 17.4. The fourth-order valence-electron chi connectivity index (χ4n) is 6.28. The molecule has 3 N–H and O–H groups in total. The minimum atomic E-state index is -1.11. The van der Waals surface area contributed by atoms with Gasteiger partial charge in [0.1, 0.15) is 5.54 Å². The molecule has 2 saturated carbocycles. The number of carboxylic acid groups (broad SMARTS) is 1. The van der Waals surface area contributed by atoms with E-state index < -0.39 is 11.5 Å². The Hall–Kier alpha value is -3.18. The van der Waals surface area contributed by atoms with Gasteiger partial charge in [-0.15, -0.1) is 0 Å². The molecule has 5 heteroatoms. The third-order valence-corrected chi connectivity index (χ3v) is 8.31. The lowest BCUT2D eigenvalue weighted by Crippen LogP contribution is -2.52. The van der Waals surface area contributed by atoms with Crippen LogP contribution in [0.15, 0.2) is 66.7 Å². The van der Waals surface area contributed by atoms with E-state index in [2.05, 4.69) is 72.2 Å². The van der Waals surface area contributed by atoms with Gasteiger partial charge in [0.2, 0.25) is 0 Å². The average Bonchev–Trinajstić information content (AvgIpc) is 3.38. The molecule has 0 aromatic heterocycles. The van der Waals surface area contributed by atoms with Gasteiger partial charge in [0, 0.05) is 17.6 Å². The molecule has 5 nitrogen and oxygen atoms in total. The summed E-state index contributed by atoms with van der Waals surface area (Å²) in [5.74, 6) is -0.769. The van der Waals surface area contributed by atoms with Crippen molar-refractivity contribution in [2.45, 2.75) is 81.8 Å². The Labute approximate surface area is 213 Å². The number of rotatable bonds is 7. The van der Waals surface area contributed by atoms with Crippen molar-refractivity contribution in [3.63, 3.8) is 0 Å². The summed E-state index contributed by atoms with van der Waals surface area (Å²) in [5.41, 5.74) is 2.01. The Morgan fingerprint density at radius 3 is 2.39 bits per heavy atom. The van der Waals surface area contributed by atoms with Crippen LogP contribution in [-0.2, 0) is 4.79 Å². The molecule has 3 atom stereocenters. The zero-order chi connectivity index (χ0) is 25.1. The van der Waals surface area contributed by atoms with Gasteiger partial charge in [-0.05, 0) is 79.0 Å². The molecule has 0 radical (unpaired) electrons. The van der Waals surface area contributed by atoms with Crippen LogP contribution in [0.4, 0.5) is 0 Å². The summed E-state index contributed by atoms with van der Waals surface area (Å²) >= 11 is 0. The van der Waals surface area contributed by atoms with Gasteiger partial charge in [-0.25, -0.2) is 4.79 Å². The molecule has 0 heterocycles. The molecule has 3 aromatic rings. The van der Waals surface area contributed by atoms with Crippen LogP contribution in [-0.4, -0.2) is 28.6 Å². The Balaban J connectivity index is 1.23. The minimum Gasteiger partial charge on any atom is -0.480 e. The third-order valence-electron chi connectivity index (χ3n) is 8.31. The van der Waals surface area contributed by atoms with Gasteiger partial charge in [-0.3, -0.25) is 4.79 Å². The largest absolute Gasteiger partial charge is 0.480 e. The number of benzene rings is 3. The van der Waals surface area contributed by atoms with Crippen molar-refractivity contribution >= 4 is 22.6 Å². The normalized spacial score (nSPS) is 22.2. The highest BCUT2D eigenvalue weighted by molar-refractivity contribution is 5.98. The smallest absolute Gasteiger partial charge is 0.329 e. The van der Waals surface area contributed by atoms with Crippen LogP contribution in [0.3, 0.4) is 0 Å². The molecule has 2 fully saturated rings. The lowest BCUT2D eigenvalue weighted by molar-refractivity contribution is -0.144. The van der Waals surface area contributed by atoms with Crippen LogP contribution < -0.4 is 10.6 Å². The van der Waals surface area contributed by atoms with Gasteiger partial charge in [0.25, 0.3) is 5.91 Å². The van der Waals surface area contributed by atoms with Crippen molar-refractivity contribution in [3.05, 3.63) is 83.4 Å².